The number of thioether (sulfide) groups is 1. The van der Waals surface area contributed by atoms with Crippen LogP contribution >= 0.6 is 34.7 Å². The number of aromatic nitrogens is 3. The minimum absolute atomic E-state index is 0.175. The average molecular weight is 441 g/mol. The van der Waals surface area contributed by atoms with Crippen molar-refractivity contribution in [1.82, 2.24) is 14.8 Å². The highest BCUT2D eigenvalue weighted by Crippen LogP contribution is 2.28. The molecule has 2 aromatic heterocycles. The molecule has 4 aromatic rings. The second kappa shape index (κ2) is 8.41. The van der Waals surface area contributed by atoms with Gasteiger partial charge in [0.1, 0.15) is 5.82 Å². The highest BCUT2D eigenvalue weighted by Gasteiger charge is 2.17. The number of rotatable bonds is 5. The van der Waals surface area contributed by atoms with Crippen molar-refractivity contribution >= 4 is 46.4 Å². The summed E-state index contributed by atoms with van der Waals surface area (Å²) in [7, 11) is 0. The lowest BCUT2D eigenvalue weighted by atomic mass is 10.2. The number of aryl methyl sites for hydroxylation is 1. The van der Waals surface area contributed by atoms with E-state index in [2.05, 4.69) is 15.4 Å². The maximum Gasteiger partial charge on any atom is 0.257 e. The molecule has 2 aromatic carbocycles. The van der Waals surface area contributed by atoms with Crippen molar-refractivity contribution in [3.05, 3.63) is 76.3 Å². The zero-order chi connectivity index (χ0) is 20.4. The van der Waals surface area contributed by atoms with Crippen molar-refractivity contribution < 1.29 is 4.79 Å². The van der Waals surface area contributed by atoms with Gasteiger partial charge < -0.3 is 5.32 Å². The first-order valence-corrected chi connectivity index (χ1v) is 11.3. The van der Waals surface area contributed by atoms with E-state index in [9.17, 15) is 4.79 Å². The Kier molecular flexibility index (Phi) is 5.71. The van der Waals surface area contributed by atoms with Crippen LogP contribution in [-0.2, 0) is 0 Å². The van der Waals surface area contributed by atoms with Crippen LogP contribution in [0.25, 0.3) is 16.4 Å². The van der Waals surface area contributed by atoms with E-state index in [4.69, 9.17) is 11.6 Å². The lowest BCUT2D eigenvalue weighted by Crippen LogP contribution is -2.15. The minimum Gasteiger partial charge on any atom is -0.306 e. The SMILES string of the molecule is CSc1ccccc1C(=O)Nc1cc(C)nn1-c1nc(-c2ccc(Cl)cc2)cs1. The maximum atomic E-state index is 12.9. The number of hydrogen-bond acceptors (Lipinski definition) is 5. The molecule has 0 unspecified atom stereocenters. The molecule has 0 radical (unpaired) electrons. The second-order valence-corrected chi connectivity index (χ2v) is 8.38. The Morgan fingerprint density at radius 3 is 2.69 bits per heavy atom. The van der Waals surface area contributed by atoms with E-state index in [1.807, 2.05) is 73.2 Å². The summed E-state index contributed by atoms with van der Waals surface area (Å²) >= 11 is 8.97. The van der Waals surface area contributed by atoms with E-state index in [0.29, 0.717) is 21.5 Å². The Bertz CT molecular complexity index is 1170. The van der Waals surface area contributed by atoms with Gasteiger partial charge in [-0.05, 0) is 37.4 Å². The smallest absolute Gasteiger partial charge is 0.257 e. The molecule has 0 atom stereocenters. The average Bonchev–Trinajstić information content (AvgIpc) is 3.35. The summed E-state index contributed by atoms with van der Waals surface area (Å²) in [6.45, 7) is 1.88. The van der Waals surface area contributed by atoms with Crippen LogP contribution in [0.4, 0.5) is 5.82 Å². The minimum atomic E-state index is -0.175. The maximum absolute atomic E-state index is 12.9. The van der Waals surface area contributed by atoms with Gasteiger partial charge in [0.2, 0.25) is 5.13 Å². The standard InChI is InChI=1S/C21H17ClN4OS2/c1-13-11-19(24-20(27)16-5-3-4-6-18(16)28-2)26(25-13)21-23-17(12-29-21)14-7-9-15(22)10-8-14/h3-12H,1-2H3,(H,24,27). The van der Waals surface area contributed by atoms with E-state index >= 15 is 0 Å². The van der Waals surface area contributed by atoms with Crippen molar-refractivity contribution in [3.8, 4) is 16.4 Å². The third-order valence-corrected chi connectivity index (χ3v) is 6.10. The van der Waals surface area contributed by atoms with E-state index in [-0.39, 0.29) is 5.91 Å². The fraction of sp³-hybridized carbons (Fsp3) is 0.0952. The largest absolute Gasteiger partial charge is 0.306 e. The van der Waals surface area contributed by atoms with Gasteiger partial charge in [-0.25, -0.2) is 4.98 Å². The fourth-order valence-electron chi connectivity index (χ4n) is 2.86. The molecule has 0 aliphatic rings. The van der Waals surface area contributed by atoms with Crippen LogP contribution in [0, 0.1) is 6.92 Å². The molecule has 0 aliphatic heterocycles. The first-order valence-electron chi connectivity index (χ1n) is 8.78. The molecule has 146 valence electrons. The number of benzene rings is 2. The van der Waals surface area contributed by atoms with Gasteiger partial charge >= 0.3 is 0 Å². The first kappa shape index (κ1) is 19.7. The van der Waals surface area contributed by atoms with Crippen LogP contribution in [-0.4, -0.2) is 26.9 Å². The van der Waals surface area contributed by atoms with Gasteiger partial charge in [0.05, 0.1) is 17.0 Å². The molecule has 0 aliphatic carbocycles. The molecule has 8 heteroatoms. The summed E-state index contributed by atoms with van der Waals surface area (Å²) in [6.07, 6.45) is 1.95. The van der Waals surface area contributed by atoms with Crippen molar-refractivity contribution in [3.63, 3.8) is 0 Å². The quantitative estimate of drug-likeness (QED) is 0.390. The molecule has 1 amide bonds. The number of hydrogen-bond donors (Lipinski definition) is 1. The molecule has 0 fully saturated rings. The molecular formula is C21H17ClN4OS2. The third kappa shape index (κ3) is 4.22. The zero-order valence-corrected chi connectivity index (χ0v) is 18.1. The molecule has 0 saturated heterocycles. The number of thiazole rings is 1. The molecular weight excluding hydrogens is 424 g/mol. The summed E-state index contributed by atoms with van der Waals surface area (Å²) in [5, 5.41) is 10.8. The van der Waals surface area contributed by atoms with Crippen LogP contribution in [0.3, 0.4) is 0 Å². The van der Waals surface area contributed by atoms with Crippen molar-refractivity contribution in [2.45, 2.75) is 11.8 Å². The van der Waals surface area contributed by atoms with E-state index < -0.39 is 0 Å². The number of carbonyl (C=O) groups is 1. The molecule has 0 saturated carbocycles. The van der Waals surface area contributed by atoms with Crippen LogP contribution < -0.4 is 5.32 Å². The molecule has 0 spiro atoms. The lowest BCUT2D eigenvalue weighted by Gasteiger charge is -2.09. The molecule has 5 nitrogen and oxygen atoms in total. The van der Waals surface area contributed by atoms with Crippen molar-refractivity contribution in [2.75, 3.05) is 11.6 Å². The van der Waals surface area contributed by atoms with Crippen molar-refractivity contribution in [2.24, 2.45) is 0 Å². The highest BCUT2D eigenvalue weighted by atomic mass is 35.5. The fourth-order valence-corrected chi connectivity index (χ4v) is 4.38. The normalized spacial score (nSPS) is 10.9. The predicted molar refractivity (Wildman–Crippen MR) is 121 cm³/mol. The van der Waals surface area contributed by atoms with Gasteiger partial charge in [-0.2, -0.15) is 9.78 Å². The number of nitrogens with one attached hydrogen (secondary N) is 1. The summed E-state index contributed by atoms with van der Waals surface area (Å²) in [5.74, 6) is 0.408. The summed E-state index contributed by atoms with van der Waals surface area (Å²) in [6, 6.07) is 16.9. The van der Waals surface area contributed by atoms with Gasteiger partial charge in [-0.3, -0.25) is 4.79 Å². The number of carbonyl (C=O) groups excluding carboxylic acids is 1. The second-order valence-electron chi connectivity index (χ2n) is 6.26. The van der Waals surface area contributed by atoms with Gasteiger partial charge in [0, 0.05) is 26.9 Å². The Hall–Kier alpha value is -2.61. The predicted octanol–water partition coefficient (Wildman–Crippen LogP) is 5.93. The Morgan fingerprint density at radius 1 is 1.17 bits per heavy atom. The summed E-state index contributed by atoms with van der Waals surface area (Å²) in [5.41, 5.74) is 3.23. The van der Waals surface area contributed by atoms with Crippen LogP contribution in [0.2, 0.25) is 5.02 Å². The van der Waals surface area contributed by atoms with Gasteiger partial charge in [-0.1, -0.05) is 35.9 Å². The van der Waals surface area contributed by atoms with E-state index in [0.717, 1.165) is 21.8 Å². The van der Waals surface area contributed by atoms with Crippen LogP contribution in [0.1, 0.15) is 16.1 Å². The van der Waals surface area contributed by atoms with Gasteiger partial charge in [0.25, 0.3) is 5.91 Å². The number of nitrogens with zero attached hydrogens (tertiary/aromatic N) is 3. The van der Waals surface area contributed by atoms with E-state index in [1.165, 1.54) is 23.1 Å². The third-order valence-electron chi connectivity index (χ3n) is 4.24. The Balaban J connectivity index is 1.64. The monoisotopic (exact) mass is 440 g/mol. The zero-order valence-electron chi connectivity index (χ0n) is 15.7. The number of halogens is 1. The first-order chi connectivity index (χ1) is 14.0. The molecule has 1 N–H and O–H groups in total. The van der Waals surface area contributed by atoms with Crippen LogP contribution in [0.5, 0.6) is 0 Å². The summed E-state index contributed by atoms with van der Waals surface area (Å²) in [4.78, 5) is 18.5. The topological polar surface area (TPSA) is 59.8 Å². The molecule has 0 bridgehead atoms. The number of anilines is 1. The number of amides is 1. The van der Waals surface area contributed by atoms with Gasteiger partial charge in [-0.15, -0.1) is 23.1 Å². The van der Waals surface area contributed by atoms with Gasteiger partial charge in [0.15, 0.2) is 0 Å². The Morgan fingerprint density at radius 2 is 1.93 bits per heavy atom. The van der Waals surface area contributed by atoms with E-state index in [1.54, 1.807) is 4.68 Å². The lowest BCUT2D eigenvalue weighted by molar-refractivity contribution is 0.102. The summed E-state index contributed by atoms with van der Waals surface area (Å²) < 4.78 is 1.67. The molecule has 2 heterocycles. The molecule has 29 heavy (non-hydrogen) atoms. The highest BCUT2D eigenvalue weighted by molar-refractivity contribution is 7.98. The molecule has 4 rings (SSSR count). The van der Waals surface area contributed by atoms with Crippen molar-refractivity contribution in [1.29, 1.82) is 0 Å². The van der Waals surface area contributed by atoms with Crippen LogP contribution in [0.15, 0.2) is 64.9 Å². The Labute approximate surface area is 181 Å².